The number of esters is 2. The monoisotopic (exact) mass is 522 g/mol. The maximum Gasteiger partial charge on any atom is 0.337 e. The molecule has 0 spiro atoms. The average molecular weight is 523 g/mol. The molecule has 0 saturated heterocycles. The van der Waals surface area contributed by atoms with Crippen molar-refractivity contribution in [2.45, 2.75) is 26.8 Å². The molecule has 1 atom stereocenters. The lowest BCUT2D eigenvalue weighted by atomic mass is 9.97. The fourth-order valence-electron chi connectivity index (χ4n) is 3.98. The fourth-order valence-corrected chi connectivity index (χ4v) is 4.94. The van der Waals surface area contributed by atoms with E-state index in [1.165, 1.54) is 24.8 Å². The highest BCUT2D eigenvalue weighted by atomic mass is 32.1. The van der Waals surface area contributed by atoms with Crippen molar-refractivity contribution in [3.05, 3.63) is 85.1 Å². The predicted molar refractivity (Wildman–Crippen MR) is 138 cm³/mol. The SMILES string of the molecule is CCOc1ccc([C@@H]2C(C(=O)OC)=CN=c3s/c(=C/c4ccccc4OC(C)=O)c(=O)n32)cc1OCC. The first-order valence-electron chi connectivity index (χ1n) is 11.6. The number of methoxy groups -OCH3 is 1. The van der Waals surface area contributed by atoms with Gasteiger partial charge in [0.2, 0.25) is 0 Å². The van der Waals surface area contributed by atoms with E-state index < -0.39 is 18.0 Å². The number of nitrogens with zero attached hydrogens (tertiary/aromatic N) is 2. The Kier molecular flexibility index (Phi) is 7.88. The highest BCUT2D eigenvalue weighted by molar-refractivity contribution is 7.07. The van der Waals surface area contributed by atoms with Crippen molar-refractivity contribution in [1.29, 1.82) is 0 Å². The maximum absolute atomic E-state index is 13.7. The molecule has 2 heterocycles. The topological polar surface area (TPSA) is 105 Å². The van der Waals surface area contributed by atoms with Crippen LogP contribution in [0, 0.1) is 0 Å². The van der Waals surface area contributed by atoms with E-state index in [9.17, 15) is 14.4 Å². The Hall–Kier alpha value is -4.18. The van der Waals surface area contributed by atoms with Gasteiger partial charge in [-0.25, -0.2) is 9.79 Å². The smallest absolute Gasteiger partial charge is 0.337 e. The zero-order valence-electron chi connectivity index (χ0n) is 20.8. The van der Waals surface area contributed by atoms with Gasteiger partial charge in [-0.15, -0.1) is 0 Å². The summed E-state index contributed by atoms with van der Waals surface area (Å²) in [4.78, 5) is 42.7. The van der Waals surface area contributed by atoms with Crippen LogP contribution in [0.1, 0.15) is 37.9 Å². The molecule has 0 bridgehead atoms. The van der Waals surface area contributed by atoms with Gasteiger partial charge >= 0.3 is 11.9 Å². The van der Waals surface area contributed by atoms with Crippen LogP contribution < -0.4 is 29.1 Å². The summed E-state index contributed by atoms with van der Waals surface area (Å²) in [6.45, 7) is 5.91. The number of aromatic nitrogens is 1. The van der Waals surface area contributed by atoms with Gasteiger partial charge in [0.15, 0.2) is 16.3 Å². The molecule has 0 N–H and O–H groups in total. The number of hydrogen-bond acceptors (Lipinski definition) is 9. The van der Waals surface area contributed by atoms with Crippen LogP contribution in [-0.4, -0.2) is 36.8 Å². The zero-order valence-corrected chi connectivity index (χ0v) is 21.7. The number of para-hydroxylation sites is 1. The van der Waals surface area contributed by atoms with Gasteiger partial charge < -0.3 is 18.9 Å². The Morgan fingerprint density at radius 2 is 1.78 bits per heavy atom. The summed E-state index contributed by atoms with van der Waals surface area (Å²) in [5, 5.41) is 0. The number of rotatable bonds is 8. The molecule has 0 fully saturated rings. The third-order valence-corrected chi connectivity index (χ3v) is 6.46. The second-order valence-corrected chi connectivity index (χ2v) is 8.89. The van der Waals surface area contributed by atoms with Crippen molar-refractivity contribution in [3.63, 3.8) is 0 Å². The van der Waals surface area contributed by atoms with Gasteiger partial charge in [-0.3, -0.25) is 14.2 Å². The van der Waals surface area contributed by atoms with Crippen LogP contribution in [0.3, 0.4) is 0 Å². The second-order valence-electron chi connectivity index (χ2n) is 7.88. The van der Waals surface area contributed by atoms with Gasteiger partial charge in [0, 0.05) is 18.7 Å². The first-order chi connectivity index (χ1) is 17.9. The number of hydrogen-bond donors (Lipinski definition) is 0. The number of carbonyl (C=O) groups is 2. The molecule has 1 aliphatic rings. The van der Waals surface area contributed by atoms with Gasteiger partial charge in [-0.05, 0) is 43.7 Å². The van der Waals surface area contributed by atoms with Crippen molar-refractivity contribution >= 4 is 29.4 Å². The van der Waals surface area contributed by atoms with E-state index in [2.05, 4.69) is 4.99 Å². The van der Waals surface area contributed by atoms with Crippen molar-refractivity contribution in [2.24, 2.45) is 4.99 Å². The maximum atomic E-state index is 13.7. The van der Waals surface area contributed by atoms with Crippen LogP contribution in [0.25, 0.3) is 6.08 Å². The summed E-state index contributed by atoms with van der Waals surface area (Å²) >= 11 is 1.16. The number of carbonyl (C=O) groups excluding carboxylic acids is 2. The van der Waals surface area contributed by atoms with Gasteiger partial charge in [0.25, 0.3) is 5.56 Å². The lowest BCUT2D eigenvalue weighted by Crippen LogP contribution is -2.39. The van der Waals surface area contributed by atoms with Crippen molar-refractivity contribution in [3.8, 4) is 17.2 Å². The Balaban J connectivity index is 1.90. The largest absolute Gasteiger partial charge is 0.490 e. The first-order valence-corrected chi connectivity index (χ1v) is 12.5. The molecule has 0 saturated carbocycles. The molecule has 0 amide bonds. The summed E-state index contributed by atoms with van der Waals surface area (Å²) in [7, 11) is 1.28. The zero-order chi connectivity index (χ0) is 26.5. The standard InChI is InChI=1S/C27H26N2O7S/c1-5-34-21-12-11-18(13-22(21)35-6-2)24-19(26(32)33-4)15-28-27-29(24)25(31)23(37-27)14-17-9-7-8-10-20(17)36-16(3)30/h7-15,24H,5-6H2,1-4H3/b23-14+/t24-/m1/s1. The Morgan fingerprint density at radius 3 is 2.49 bits per heavy atom. The summed E-state index contributed by atoms with van der Waals surface area (Å²) in [6.07, 6.45) is 3.07. The molecule has 0 unspecified atom stereocenters. The summed E-state index contributed by atoms with van der Waals surface area (Å²) < 4.78 is 23.6. The molecule has 1 aromatic heterocycles. The van der Waals surface area contributed by atoms with Crippen LogP contribution in [-0.2, 0) is 14.3 Å². The van der Waals surface area contributed by atoms with Crippen LogP contribution in [0.15, 0.2) is 64.0 Å². The minimum atomic E-state index is -0.801. The second kappa shape index (κ2) is 11.3. The highest BCUT2D eigenvalue weighted by Crippen LogP contribution is 2.35. The molecule has 2 aromatic carbocycles. The first kappa shape index (κ1) is 25.9. The quantitative estimate of drug-likeness (QED) is 0.331. The van der Waals surface area contributed by atoms with E-state index in [1.54, 1.807) is 48.5 Å². The van der Waals surface area contributed by atoms with E-state index in [1.807, 2.05) is 13.8 Å². The number of thiazole rings is 1. The third kappa shape index (κ3) is 5.34. The van der Waals surface area contributed by atoms with Crippen molar-refractivity contribution in [1.82, 2.24) is 4.57 Å². The molecule has 37 heavy (non-hydrogen) atoms. The molecule has 10 heteroatoms. The molecule has 1 aliphatic heterocycles. The fraction of sp³-hybridized carbons (Fsp3) is 0.259. The Morgan fingerprint density at radius 1 is 1.05 bits per heavy atom. The van der Waals surface area contributed by atoms with Gasteiger partial charge in [0.1, 0.15) is 5.75 Å². The van der Waals surface area contributed by atoms with E-state index in [4.69, 9.17) is 18.9 Å². The van der Waals surface area contributed by atoms with Crippen LogP contribution in [0.4, 0.5) is 0 Å². The van der Waals surface area contributed by atoms with Crippen LogP contribution in [0.2, 0.25) is 0 Å². The molecule has 4 rings (SSSR count). The van der Waals surface area contributed by atoms with Crippen LogP contribution >= 0.6 is 11.3 Å². The van der Waals surface area contributed by atoms with Gasteiger partial charge in [-0.1, -0.05) is 35.6 Å². The molecular formula is C27H26N2O7S. The molecule has 3 aromatic rings. The molecular weight excluding hydrogens is 496 g/mol. The highest BCUT2D eigenvalue weighted by Gasteiger charge is 2.31. The minimum Gasteiger partial charge on any atom is -0.490 e. The van der Waals surface area contributed by atoms with Gasteiger partial charge in [-0.2, -0.15) is 0 Å². The van der Waals surface area contributed by atoms with E-state index in [0.717, 1.165) is 11.3 Å². The molecule has 0 aliphatic carbocycles. The minimum absolute atomic E-state index is 0.202. The summed E-state index contributed by atoms with van der Waals surface area (Å²) in [5.74, 6) is 0.327. The lowest BCUT2D eigenvalue weighted by molar-refractivity contribution is -0.136. The number of ether oxygens (including phenoxy) is 4. The summed E-state index contributed by atoms with van der Waals surface area (Å²) in [5.41, 5.74) is 1.04. The van der Waals surface area contributed by atoms with Crippen molar-refractivity contribution in [2.75, 3.05) is 20.3 Å². The van der Waals surface area contributed by atoms with Gasteiger partial charge in [0.05, 0.1) is 36.5 Å². The predicted octanol–water partition coefficient (Wildman–Crippen LogP) is 2.74. The number of fused-ring (bicyclic) bond motifs is 1. The summed E-state index contributed by atoms with van der Waals surface area (Å²) in [6, 6.07) is 11.4. The van der Waals surface area contributed by atoms with E-state index >= 15 is 0 Å². The lowest BCUT2D eigenvalue weighted by Gasteiger charge is -2.23. The van der Waals surface area contributed by atoms with Crippen LogP contribution in [0.5, 0.6) is 17.2 Å². The Bertz CT molecular complexity index is 1550. The van der Waals surface area contributed by atoms with Crippen molar-refractivity contribution < 1.29 is 28.5 Å². The normalized spacial score (nSPS) is 14.8. The molecule has 0 radical (unpaired) electrons. The van der Waals surface area contributed by atoms with E-state index in [0.29, 0.717) is 50.9 Å². The average Bonchev–Trinajstić information content (AvgIpc) is 3.20. The molecule has 9 nitrogen and oxygen atoms in total. The van der Waals surface area contributed by atoms with E-state index in [-0.39, 0.29) is 11.1 Å². The third-order valence-electron chi connectivity index (χ3n) is 5.47. The molecule has 192 valence electrons. The number of benzene rings is 2. The Labute approximate surface area is 216 Å².